The minimum absolute atomic E-state index is 0.0737. The van der Waals surface area contributed by atoms with Gasteiger partial charge in [-0.15, -0.1) is 0 Å². The largest absolute Gasteiger partial charge is 0.353 e. The fourth-order valence-corrected chi connectivity index (χ4v) is 2.48. The van der Waals surface area contributed by atoms with Crippen LogP contribution >= 0.6 is 0 Å². The molecule has 0 aromatic heterocycles. The molecular weight excluding hydrogens is 212 g/mol. The van der Waals surface area contributed by atoms with Gasteiger partial charge in [0.15, 0.2) is 0 Å². The van der Waals surface area contributed by atoms with Crippen LogP contribution in [-0.2, 0) is 4.79 Å². The first kappa shape index (κ1) is 14.5. The molecule has 100 valence electrons. The Bertz CT molecular complexity index is 242. The van der Waals surface area contributed by atoms with Crippen LogP contribution in [0.4, 0.5) is 0 Å². The van der Waals surface area contributed by atoms with E-state index in [4.69, 9.17) is 0 Å². The lowest BCUT2D eigenvalue weighted by molar-refractivity contribution is -0.125. The van der Waals surface area contributed by atoms with Crippen LogP contribution in [0.3, 0.4) is 0 Å². The summed E-state index contributed by atoms with van der Waals surface area (Å²) in [6.45, 7) is 10.4. The first-order chi connectivity index (χ1) is 8.04. The lowest BCUT2D eigenvalue weighted by atomic mass is 9.79. The molecule has 4 atom stereocenters. The quantitative estimate of drug-likeness (QED) is 0.773. The molecule has 0 aromatic carbocycles. The second-order valence-electron chi connectivity index (χ2n) is 5.68. The predicted octanol–water partition coefficient (Wildman–Crippen LogP) is 2.17. The maximum Gasteiger partial charge on any atom is 0.224 e. The Morgan fingerprint density at radius 2 is 2.00 bits per heavy atom. The molecule has 17 heavy (non-hydrogen) atoms. The normalized spacial score (nSPS) is 30.9. The Morgan fingerprint density at radius 1 is 1.29 bits per heavy atom. The van der Waals surface area contributed by atoms with E-state index >= 15 is 0 Å². The van der Waals surface area contributed by atoms with Crippen LogP contribution in [0.1, 0.15) is 47.0 Å². The van der Waals surface area contributed by atoms with Crippen molar-refractivity contribution in [3.8, 4) is 0 Å². The fourth-order valence-electron chi connectivity index (χ4n) is 2.48. The van der Waals surface area contributed by atoms with Crippen molar-refractivity contribution in [2.24, 2.45) is 17.8 Å². The van der Waals surface area contributed by atoms with E-state index < -0.39 is 0 Å². The van der Waals surface area contributed by atoms with Gasteiger partial charge in [0.05, 0.1) is 0 Å². The van der Waals surface area contributed by atoms with Crippen molar-refractivity contribution < 1.29 is 4.79 Å². The van der Waals surface area contributed by atoms with Crippen molar-refractivity contribution in [1.82, 2.24) is 10.6 Å². The highest BCUT2D eigenvalue weighted by molar-refractivity contribution is 5.78. The molecule has 0 aromatic rings. The van der Waals surface area contributed by atoms with Gasteiger partial charge >= 0.3 is 0 Å². The molecule has 1 fully saturated rings. The van der Waals surface area contributed by atoms with Gasteiger partial charge in [0, 0.05) is 18.5 Å². The zero-order valence-corrected chi connectivity index (χ0v) is 11.8. The second-order valence-corrected chi connectivity index (χ2v) is 5.68. The number of hydrogen-bond donors (Lipinski definition) is 2. The highest BCUT2D eigenvalue weighted by Crippen LogP contribution is 2.29. The van der Waals surface area contributed by atoms with Crippen LogP contribution in [0.15, 0.2) is 0 Å². The molecule has 4 unspecified atom stereocenters. The molecule has 0 saturated heterocycles. The summed E-state index contributed by atoms with van der Waals surface area (Å²) in [6.07, 6.45) is 3.53. The number of amides is 1. The van der Waals surface area contributed by atoms with E-state index in [0.29, 0.717) is 6.04 Å². The molecule has 2 N–H and O–H groups in total. The highest BCUT2D eigenvalue weighted by atomic mass is 16.1. The van der Waals surface area contributed by atoms with Gasteiger partial charge in [-0.1, -0.05) is 27.7 Å². The smallest absolute Gasteiger partial charge is 0.224 e. The molecule has 1 rings (SSSR count). The summed E-state index contributed by atoms with van der Waals surface area (Å²) in [6, 6.07) is 0.401. The van der Waals surface area contributed by atoms with Crippen LogP contribution in [0.2, 0.25) is 0 Å². The van der Waals surface area contributed by atoms with Crippen molar-refractivity contribution >= 4 is 5.91 Å². The SMILES string of the molecule is CCNCC(C)C(=O)NC1CCC(C)C(C)C1. The molecule has 3 nitrogen and oxygen atoms in total. The maximum atomic E-state index is 12.0. The molecular formula is C14H28N2O. The zero-order chi connectivity index (χ0) is 12.8. The molecule has 1 aliphatic rings. The molecule has 3 heteroatoms. The van der Waals surface area contributed by atoms with E-state index in [1.54, 1.807) is 0 Å². The first-order valence-electron chi connectivity index (χ1n) is 7.05. The highest BCUT2D eigenvalue weighted by Gasteiger charge is 2.26. The first-order valence-corrected chi connectivity index (χ1v) is 7.05. The molecule has 1 amide bonds. The summed E-state index contributed by atoms with van der Waals surface area (Å²) < 4.78 is 0. The Hall–Kier alpha value is -0.570. The summed E-state index contributed by atoms with van der Waals surface area (Å²) >= 11 is 0. The molecule has 1 aliphatic carbocycles. The van der Waals surface area contributed by atoms with Gasteiger partial charge in [-0.25, -0.2) is 0 Å². The maximum absolute atomic E-state index is 12.0. The molecule has 0 heterocycles. The minimum atomic E-state index is 0.0737. The minimum Gasteiger partial charge on any atom is -0.353 e. The zero-order valence-electron chi connectivity index (χ0n) is 11.8. The van der Waals surface area contributed by atoms with Gasteiger partial charge in [-0.05, 0) is 37.6 Å². The van der Waals surface area contributed by atoms with Gasteiger partial charge in [0.2, 0.25) is 5.91 Å². The Labute approximate surface area is 106 Å². The number of carbonyl (C=O) groups is 1. The number of carbonyl (C=O) groups excluding carboxylic acids is 1. The van der Waals surface area contributed by atoms with E-state index in [-0.39, 0.29) is 11.8 Å². The Morgan fingerprint density at radius 3 is 2.59 bits per heavy atom. The summed E-state index contributed by atoms with van der Waals surface area (Å²) in [5.74, 6) is 1.82. The summed E-state index contributed by atoms with van der Waals surface area (Å²) in [4.78, 5) is 12.0. The predicted molar refractivity (Wildman–Crippen MR) is 71.8 cm³/mol. The van der Waals surface area contributed by atoms with Crippen molar-refractivity contribution in [1.29, 1.82) is 0 Å². The Kier molecular flexibility index (Phi) is 5.96. The van der Waals surface area contributed by atoms with Gasteiger partial charge < -0.3 is 10.6 Å². The van der Waals surface area contributed by atoms with Gasteiger partial charge in [-0.3, -0.25) is 4.79 Å². The van der Waals surface area contributed by atoms with Crippen LogP contribution in [0.5, 0.6) is 0 Å². The van der Waals surface area contributed by atoms with E-state index in [2.05, 4.69) is 31.4 Å². The van der Waals surface area contributed by atoms with Gasteiger partial charge in [0.25, 0.3) is 0 Å². The average Bonchev–Trinajstić information content (AvgIpc) is 2.30. The van der Waals surface area contributed by atoms with Crippen molar-refractivity contribution in [3.63, 3.8) is 0 Å². The van der Waals surface area contributed by atoms with E-state index in [1.807, 2.05) is 6.92 Å². The van der Waals surface area contributed by atoms with E-state index in [1.165, 1.54) is 6.42 Å². The number of hydrogen-bond acceptors (Lipinski definition) is 2. The van der Waals surface area contributed by atoms with Crippen molar-refractivity contribution in [3.05, 3.63) is 0 Å². The summed E-state index contributed by atoms with van der Waals surface area (Å²) in [5, 5.41) is 6.42. The van der Waals surface area contributed by atoms with Crippen LogP contribution in [0, 0.1) is 17.8 Å². The molecule has 0 spiro atoms. The van der Waals surface area contributed by atoms with Crippen molar-refractivity contribution in [2.45, 2.75) is 53.0 Å². The van der Waals surface area contributed by atoms with Gasteiger partial charge in [0.1, 0.15) is 0 Å². The second kappa shape index (κ2) is 7.00. The van der Waals surface area contributed by atoms with Crippen LogP contribution < -0.4 is 10.6 Å². The number of rotatable bonds is 5. The average molecular weight is 240 g/mol. The monoisotopic (exact) mass is 240 g/mol. The van der Waals surface area contributed by atoms with E-state index in [9.17, 15) is 4.79 Å². The van der Waals surface area contributed by atoms with Crippen LogP contribution in [0.25, 0.3) is 0 Å². The number of nitrogens with one attached hydrogen (secondary N) is 2. The molecule has 0 aliphatic heterocycles. The van der Waals surface area contributed by atoms with E-state index in [0.717, 1.165) is 37.8 Å². The molecule has 1 saturated carbocycles. The third-order valence-electron chi connectivity index (χ3n) is 4.09. The third-order valence-corrected chi connectivity index (χ3v) is 4.09. The van der Waals surface area contributed by atoms with Gasteiger partial charge in [-0.2, -0.15) is 0 Å². The summed E-state index contributed by atoms with van der Waals surface area (Å²) in [5.41, 5.74) is 0. The van der Waals surface area contributed by atoms with Crippen LogP contribution in [-0.4, -0.2) is 25.0 Å². The fraction of sp³-hybridized carbons (Fsp3) is 0.929. The van der Waals surface area contributed by atoms with Crippen molar-refractivity contribution in [2.75, 3.05) is 13.1 Å². The lowest BCUT2D eigenvalue weighted by Crippen LogP contribution is -2.44. The Balaban J connectivity index is 2.31. The molecule has 0 bridgehead atoms. The summed E-state index contributed by atoms with van der Waals surface area (Å²) in [7, 11) is 0. The topological polar surface area (TPSA) is 41.1 Å². The lowest BCUT2D eigenvalue weighted by Gasteiger charge is -2.33. The third kappa shape index (κ3) is 4.66. The standard InChI is InChI=1S/C14H28N2O/c1-5-15-9-12(4)14(17)16-13-7-6-10(2)11(3)8-13/h10-13,15H,5-9H2,1-4H3,(H,16,17). The molecule has 0 radical (unpaired) electrons.